The molecular formula is C82H64N3O3P3S9. The van der Waals surface area contributed by atoms with Gasteiger partial charge in [0, 0.05) is 89.3 Å². The van der Waals surface area contributed by atoms with Crippen LogP contribution in [0.1, 0.15) is 97.5 Å². The van der Waals surface area contributed by atoms with E-state index in [9.17, 15) is 13.7 Å². The Morgan fingerprint density at radius 3 is 0.800 bits per heavy atom. The number of fused-ring (bicyclic) bond motifs is 9. The average Bonchev–Trinajstić information content (AvgIpc) is 1.59. The third-order valence-corrected chi connectivity index (χ3v) is 34.9. The molecule has 4 atom stereocenters. The van der Waals surface area contributed by atoms with Gasteiger partial charge in [0.2, 0.25) is 0 Å². The largest absolute Gasteiger partial charge is 0.311 e. The predicted octanol–water partition coefficient (Wildman–Crippen LogP) is 21.9. The van der Waals surface area contributed by atoms with E-state index < -0.39 is 41.3 Å². The van der Waals surface area contributed by atoms with Gasteiger partial charge >= 0.3 is 0 Å². The van der Waals surface area contributed by atoms with Crippen molar-refractivity contribution in [2.75, 3.05) is 14.7 Å². The quantitative estimate of drug-likeness (QED) is 0.0726. The zero-order chi connectivity index (χ0) is 69.7. The molecule has 100 heavy (non-hydrogen) atoms. The first-order valence-corrected chi connectivity index (χ1v) is 47.3. The van der Waals surface area contributed by atoms with Gasteiger partial charge in [-0.2, -0.15) is 0 Å². The molecule has 15 rings (SSSR count). The van der Waals surface area contributed by atoms with Gasteiger partial charge in [-0.05, 0) is 318 Å². The Bertz CT molecular complexity index is 5410. The van der Waals surface area contributed by atoms with Crippen molar-refractivity contribution in [1.29, 1.82) is 0 Å². The molecule has 0 spiro atoms. The minimum Gasteiger partial charge on any atom is -0.311 e. The summed E-state index contributed by atoms with van der Waals surface area (Å²) < 4.78 is 40.1. The number of anilines is 9. The smallest absolute Gasteiger partial charge is 0.198 e. The summed E-state index contributed by atoms with van der Waals surface area (Å²) in [6, 6.07) is 96.5. The number of hydrogen-bond acceptors (Lipinski definition) is 12. The van der Waals surface area contributed by atoms with Gasteiger partial charge in [0.15, 0.2) is 19.7 Å². The lowest BCUT2D eigenvalue weighted by molar-refractivity contribution is 0.601. The lowest BCUT2D eigenvalue weighted by Crippen LogP contribution is -2.17. The average molecular weight is 1520 g/mol. The fraction of sp³-hybridized carbons (Fsp3) is 0.122. The maximum Gasteiger partial charge on any atom is 0.198 e. The lowest BCUT2D eigenvalue weighted by Gasteiger charge is -2.31. The van der Waals surface area contributed by atoms with E-state index in [-0.39, 0.29) is 22.2 Å². The van der Waals surface area contributed by atoms with Crippen LogP contribution in [-0.2, 0) is 119 Å². The van der Waals surface area contributed by atoms with Crippen molar-refractivity contribution >= 4 is 176 Å². The molecule has 0 fully saturated rings. The Hall–Kier alpha value is -7.68. The second kappa shape index (κ2) is 26.9. The van der Waals surface area contributed by atoms with Gasteiger partial charge in [-0.25, -0.2) is 0 Å². The van der Waals surface area contributed by atoms with Gasteiger partial charge in [0.05, 0.1) is 0 Å². The Morgan fingerprint density at radius 1 is 0.260 bits per heavy atom. The molecule has 494 valence electrons. The van der Waals surface area contributed by atoms with Crippen molar-refractivity contribution in [3.05, 3.63) is 323 Å². The van der Waals surface area contributed by atoms with E-state index in [0.29, 0.717) is 15.9 Å². The molecule has 12 aromatic carbocycles. The number of benzene rings is 12. The third kappa shape index (κ3) is 12.1. The van der Waals surface area contributed by atoms with Crippen LogP contribution in [0.2, 0.25) is 0 Å². The summed E-state index contributed by atoms with van der Waals surface area (Å²) in [5.41, 5.74) is 26.0. The van der Waals surface area contributed by atoms with E-state index in [1.54, 1.807) is 0 Å². The first kappa shape index (κ1) is 68.1. The zero-order valence-electron chi connectivity index (χ0n) is 55.1. The minimum absolute atomic E-state index is 0.202. The molecule has 0 radical (unpaired) electrons. The van der Waals surface area contributed by atoms with Gasteiger partial charge in [0.25, 0.3) is 0 Å². The van der Waals surface area contributed by atoms with Crippen molar-refractivity contribution in [1.82, 2.24) is 0 Å². The molecule has 0 N–H and O–H groups in total. The summed E-state index contributed by atoms with van der Waals surface area (Å²) in [7, 11) is -3.32. The molecule has 3 aliphatic carbocycles. The van der Waals surface area contributed by atoms with Crippen LogP contribution in [0.3, 0.4) is 0 Å². The highest BCUT2D eigenvalue weighted by molar-refractivity contribution is 8.58. The Balaban J connectivity index is 0.875. The van der Waals surface area contributed by atoms with Gasteiger partial charge in [-0.3, -0.25) is 13.7 Å². The number of rotatable bonds is 15. The molecule has 0 heterocycles. The lowest BCUT2D eigenvalue weighted by atomic mass is 9.79. The molecular weight excluding hydrogens is 1460 g/mol. The second-order valence-electron chi connectivity index (χ2n) is 26.9. The first-order valence-electron chi connectivity index (χ1n) is 32.5. The van der Waals surface area contributed by atoms with E-state index in [1.165, 1.54) is 66.8 Å². The van der Waals surface area contributed by atoms with Gasteiger partial charge in [0.1, 0.15) is 0 Å². The molecule has 6 nitrogen and oxygen atoms in total. The predicted molar refractivity (Wildman–Crippen MR) is 445 cm³/mol. The topological polar surface area (TPSA) is 60.9 Å². The Morgan fingerprint density at radius 2 is 0.480 bits per heavy atom. The van der Waals surface area contributed by atoms with Gasteiger partial charge < -0.3 is 14.7 Å². The molecule has 0 amide bonds. The van der Waals surface area contributed by atoms with Crippen molar-refractivity contribution in [3.63, 3.8) is 0 Å². The summed E-state index contributed by atoms with van der Waals surface area (Å²) in [5, 5.41) is 1.93. The minimum atomic E-state index is -1.92. The molecule has 18 heteroatoms. The summed E-state index contributed by atoms with van der Waals surface area (Å²) in [4.78, 5) is 6.82. The van der Waals surface area contributed by atoms with Gasteiger partial charge in [-0.15, -0.1) is 0 Å². The van der Waals surface area contributed by atoms with Crippen LogP contribution in [0.4, 0.5) is 51.2 Å². The van der Waals surface area contributed by atoms with Crippen molar-refractivity contribution in [2.45, 2.75) is 63.7 Å². The molecule has 4 unspecified atom stereocenters. The normalized spacial score (nSPS) is 14.4. The summed E-state index contributed by atoms with van der Waals surface area (Å²) in [5.74, 6) is -0.202. The fourth-order valence-corrected chi connectivity index (χ4v) is 24.3. The molecule has 12 aromatic rings. The van der Waals surface area contributed by atoms with Crippen molar-refractivity contribution in [2.24, 2.45) is 0 Å². The first-order chi connectivity index (χ1) is 48.1. The number of nitrogens with zero attached hydrogens (tertiary/aromatic N) is 3. The fourth-order valence-electron chi connectivity index (χ4n) is 15.3. The van der Waals surface area contributed by atoms with Crippen LogP contribution in [-0.4, -0.2) is 0 Å². The summed E-state index contributed by atoms with van der Waals surface area (Å²) in [6.45, 7) is 8.06. The second-order valence-corrected chi connectivity index (χ2v) is 49.9. The van der Waals surface area contributed by atoms with Crippen LogP contribution in [0.15, 0.2) is 273 Å². The molecule has 0 saturated carbocycles. The van der Waals surface area contributed by atoms with Crippen LogP contribution < -0.4 is 30.6 Å². The Labute approximate surface area is 618 Å². The van der Waals surface area contributed by atoms with E-state index in [1.807, 2.05) is 60.7 Å². The molecule has 3 aliphatic rings. The van der Waals surface area contributed by atoms with E-state index >= 15 is 0 Å². The molecule has 0 bridgehead atoms. The maximum absolute atomic E-state index is 13.4. The van der Waals surface area contributed by atoms with Gasteiger partial charge in [-0.1, -0.05) is 169 Å². The SMILES string of the molecule is CC1(C)c2ccccc2-c2ccc(C(c3ccc(N(c4ccc(N(c5ccc(P(=O)=S(=S)=S)cc5)c5ccc6c(c5)C(C)(C)c5ccccc5-6)cc4)c4ccc(N(c5ccc(P(=O)=S(=S)=S)cc5)c5ccc6c(c5)C(C)(C)c5ccccc5-6)cc4)cc3)c3ccc(P(=O)=S(=S)=S)cc3)cc21. The third-order valence-electron chi connectivity index (χ3n) is 20.3. The molecule has 0 aliphatic heterocycles. The van der Waals surface area contributed by atoms with Crippen LogP contribution in [0.25, 0.3) is 33.4 Å². The maximum atomic E-state index is 13.4. The zero-order valence-corrected chi connectivity index (χ0v) is 65.2. The molecule has 0 saturated heterocycles. The summed E-state index contributed by atoms with van der Waals surface area (Å²) in [6.07, 6.45) is 0. The van der Waals surface area contributed by atoms with E-state index in [0.717, 1.165) is 67.9 Å². The van der Waals surface area contributed by atoms with Crippen molar-refractivity contribution < 1.29 is 13.7 Å². The van der Waals surface area contributed by atoms with Crippen molar-refractivity contribution in [3.8, 4) is 33.4 Å². The van der Waals surface area contributed by atoms with E-state index in [4.69, 9.17) is 67.1 Å². The van der Waals surface area contributed by atoms with E-state index in [2.05, 4.69) is 269 Å². The highest BCUT2D eigenvalue weighted by atomic mass is 33.2. The highest BCUT2D eigenvalue weighted by Gasteiger charge is 2.39. The van der Waals surface area contributed by atoms with Crippen LogP contribution >= 0.6 is 19.7 Å². The highest BCUT2D eigenvalue weighted by Crippen LogP contribution is 2.54. The standard InChI is InChI=1S/C82H64N3O3P3S9/c1-80(2)73-16-10-7-13-67(73)70-46-23-54(49-76(70)80)79(53-21-40-64(41-22-53)89(86)98(92)93)52-19-24-55(25-20-52)83(56-26-30-58(31-27-56)84(60-34-42-65(43-35-60)90(87)99(94)95)62-38-47-71-68-14-8-11-17-74(68)81(3,4)77(71)50-62)57-28-32-59(33-29-57)85(61-36-44-66(45-37-61)91(88)100(96)97)63-39-48-72-69-15-9-12-18-75(69)82(5,6)78(72)51-63/h7-51,79H,1-6H3. The van der Waals surface area contributed by atoms with Crippen LogP contribution in [0.5, 0.6) is 0 Å². The Kier molecular flexibility index (Phi) is 18.3. The molecule has 0 aromatic heterocycles. The monoisotopic (exact) mass is 1520 g/mol. The van der Waals surface area contributed by atoms with Crippen LogP contribution in [0, 0.1) is 0 Å². The summed E-state index contributed by atoms with van der Waals surface area (Å²) >= 11 is 32.1. The number of hydrogen-bond donors (Lipinski definition) is 0.